The molecule has 0 unspecified atom stereocenters. The van der Waals surface area contributed by atoms with E-state index < -0.39 is 0 Å². The number of ether oxygens (including phenoxy) is 2. The molecular weight excluding hydrogens is 290 g/mol. The van der Waals surface area contributed by atoms with Crippen molar-refractivity contribution in [2.24, 2.45) is 0 Å². The Hall–Kier alpha value is -3.01. The summed E-state index contributed by atoms with van der Waals surface area (Å²) in [6.45, 7) is 0. The smallest absolute Gasteiger partial charge is 0.340 e. The summed E-state index contributed by atoms with van der Waals surface area (Å²) in [4.78, 5) is 12.2. The van der Waals surface area contributed by atoms with Crippen LogP contribution in [0.15, 0.2) is 48.5 Å². The lowest BCUT2D eigenvalue weighted by atomic mass is 9.90. The number of carbonyl (C=O) groups is 1. The van der Waals surface area contributed by atoms with Gasteiger partial charge in [-0.15, -0.1) is 0 Å². The molecule has 114 valence electrons. The minimum atomic E-state index is -0.387. The van der Waals surface area contributed by atoms with Gasteiger partial charge in [0.2, 0.25) is 0 Å². The average molecular weight is 305 g/mol. The van der Waals surface area contributed by atoms with E-state index in [0.717, 1.165) is 33.3 Å². The molecule has 4 rings (SSSR count). The van der Waals surface area contributed by atoms with Crippen LogP contribution in [0.25, 0.3) is 21.9 Å². The van der Waals surface area contributed by atoms with Gasteiger partial charge in [0.15, 0.2) is 0 Å². The van der Waals surface area contributed by atoms with Crippen molar-refractivity contribution >= 4 is 28.1 Å². The van der Waals surface area contributed by atoms with Crippen LogP contribution in [0, 0.1) is 0 Å². The van der Waals surface area contributed by atoms with Crippen molar-refractivity contribution in [2.75, 3.05) is 19.5 Å². The van der Waals surface area contributed by atoms with Gasteiger partial charge in [0.05, 0.1) is 25.5 Å². The van der Waals surface area contributed by atoms with Gasteiger partial charge in [-0.2, -0.15) is 0 Å². The van der Waals surface area contributed by atoms with Crippen LogP contribution in [0.5, 0.6) is 5.75 Å². The molecule has 3 aromatic rings. The van der Waals surface area contributed by atoms with E-state index in [1.807, 2.05) is 30.3 Å². The number of hydrogen-bond donors (Lipinski definition) is 1. The fourth-order valence-corrected chi connectivity index (χ4v) is 3.20. The molecule has 1 aliphatic heterocycles. The summed E-state index contributed by atoms with van der Waals surface area (Å²) in [6, 6.07) is 15.8. The molecule has 4 nitrogen and oxygen atoms in total. The first kappa shape index (κ1) is 13.6. The number of esters is 1. The highest BCUT2D eigenvalue weighted by atomic mass is 16.5. The Labute approximate surface area is 133 Å². The maximum Gasteiger partial charge on any atom is 0.340 e. The number of hydrogen-bond acceptors (Lipinski definition) is 4. The lowest BCUT2D eigenvalue weighted by Crippen LogP contribution is -2.10. The summed E-state index contributed by atoms with van der Waals surface area (Å²) < 4.78 is 10.4. The third kappa shape index (κ3) is 1.88. The lowest BCUT2D eigenvalue weighted by molar-refractivity contribution is 0.0601. The first-order valence-electron chi connectivity index (χ1n) is 7.33. The molecule has 0 saturated carbocycles. The first-order valence-corrected chi connectivity index (χ1v) is 7.33. The predicted molar refractivity (Wildman–Crippen MR) is 90.6 cm³/mol. The molecule has 0 spiro atoms. The van der Waals surface area contributed by atoms with Crippen molar-refractivity contribution in [2.45, 2.75) is 0 Å². The number of nitrogens with one attached hydrogen (secondary N) is 1. The van der Waals surface area contributed by atoms with Gasteiger partial charge < -0.3 is 14.8 Å². The van der Waals surface area contributed by atoms with E-state index in [1.54, 1.807) is 13.2 Å². The van der Waals surface area contributed by atoms with Crippen molar-refractivity contribution < 1.29 is 14.3 Å². The van der Waals surface area contributed by atoms with Crippen molar-refractivity contribution in [3.05, 3.63) is 54.1 Å². The van der Waals surface area contributed by atoms with E-state index in [2.05, 4.69) is 17.4 Å². The van der Waals surface area contributed by atoms with E-state index in [-0.39, 0.29) is 5.97 Å². The topological polar surface area (TPSA) is 47.6 Å². The van der Waals surface area contributed by atoms with Crippen LogP contribution in [-0.2, 0) is 4.74 Å². The second-order valence-corrected chi connectivity index (χ2v) is 5.39. The van der Waals surface area contributed by atoms with Crippen LogP contribution in [0.2, 0.25) is 0 Å². The number of methoxy groups -OCH3 is 2. The number of carbonyl (C=O) groups excluding carboxylic acids is 1. The van der Waals surface area contributed by atoms with Gasteiger partial charge >= 0.3 is 5.97 Å². The lowest BCUT2D eigenvalue weighted by Gasteiger charge is -2.25. The Morgan fingerprint density at radius 2 is 1.78 bits per heavy atom. The van der Waals surface area contributed by atoms with Crippen LogP contribution in [-0.4, -0.2) is 20.2 Å². The zero-order valence-electron chi connectivity index (χ0n) is 12.8. The normalized spacial score (nSPS) is 11.6. The summed E-state index contributed by atoms with van der Waals surface area (Å²) >= 11 is 0. The second kappa shape index (κ2) is 5.02. The monoisotopic (exact) mass is 305 g/mol. The van der Waals surface area contributed by atoms with Gasteiger partial charge in [0.1, 0.15) is 5.75 Å². The summed E-state index contributed by atoms with van der Waals surface area (Å²) in [7, 11) is 2.99. The molecule has 1 aliphatic rings. The fraction of sp³-hybridized carbons (Fsp3) is 0.105. The Bertz CT molecular complexity index is 947. The minimum Gasteiger partial charge on any atom is -0.496 e. The van der Waals surface area contributed by atoms with Crippen molar-refractivity contribution in [1.29, 1.82) is 0 Å². The number of rotatable bonds is 2. The quantitative estimate of drug-likeness (QED) is 0.559. The first-order chi connectivity index (χ1) is 11.2. The molecule has 0 aromatic heterocycles. The van der Waals surface area contributed by atoms with Gasteiger partial charge in [-0.3, -0.25) is 0 Å². The molecule has 0 fully saturated rings. The highest BCUT2D eigenvalue weighted by molar-refractivity contribution is 6.18. The molecule has 0 atom stereocenters. The Balaban J connectivity index is 2.17. The average Bonchev–Trinajstić information content (AvgIpc) is 2.61. The van der Waals surface area contributed by atoms with E-state index in [4.69, 9.17) is 9.47 Å². The van der Waals surface area contributed by atoms with Gasteiger partial charge in [0.25, 0.3) is 0 Å². The van der Waals surface area contributed by atoms with Gasteiger partial charge in [-0.1, -0.05) is 36.4 Å². The maximum absolute atomic E-state index is 12.2. The van der Waals surface area contributed by atoms with Crippen molar-refractivity contribution in [3.63, 3.8) is 0 Å². The van der Waals surface area contributed by atoms with Crippen LogP contribution in [0.1, 0.15) is 10.4 Å². The summed E-state index contributed by atoms with van der Waals surface area (Å²) in [5.41, 5.74) is 4.40. The molecule has 1 heterocycles. The molecule has 0 aliphatic carbocycles. The highest BCUT2D eigenvalue weighted by Gasteiger charge is 2.25. The second-order valence-electron chi connectivity index (χ2n) is 5.39. The van der Waals surface area contributed by atoms with E-state index in [1.165, 1.54) is 7.11 Å². The van der Waals surface area contributed by atoms with Gasteiger partial charge in [-0.05, 0) is 17.7 Å². The summed E-state index contributed by atoms with van der Waals surface area (Å²) in [6.07, 6.45) is 0. The number of benzene rings is 3. The Kier molecular flexibility index (Phi) is 2.98. The molecule has 4 heteroatoms. The molecule has 0 amide bonds. The summed E-state index contributed by atoms with van der Waals surface area (Å²) in [5.74, 6) is 0.272. The zero-order valence-corrected chi connectivity index (χ0v) is 12.8. The highest BCUT2D eigenvalue weighted by Crippen LogP contribution is 2.47. The number of fused-ring (bicyclic) bond motifs is 2. The van der Waals surface area contributed by atoms with Crippen LogP contribution in [0.3, 0.4) is 0 Å². The third-order valence-corrected chi connectivity index (χ3v) is 4.23. The van der Waals surface area contributed by atoms with Crippen LogP contribution in [0.4, 0.5) is 11.4 Å². The summed E-state index contributed by atoms with van der Waals surface area (Å²) in [5, 5.41) is 5.33. The van der Waals surface area contributed by atoms with Crippen molar-refractivity contribution in [3.8, 4) is 16.9 Å². The van der Waals surface area contributed by atoms with E-state index in [9.17, 15) is 4.79 Å². The van der Waals surface area contributed by atoms with Crippen LogP contribution >= 0.6 is 0 Å². The predicted octanol–water partition coefficient (Wildman–Crippen LogP) is 4.36. The van der Waals surface area contributed by atoms with E-state index >= 15 is 0 Å². The SMILES string of the molecule is COC(=O)c1cc(OC)c2cccc3c2c1Nc1ccccc1-3. The van der Waals surface area contributed by atoms with Crippen molar-refractivity contribution in [1.82, 2.24) is 0 Å². The minimum absolute atomic E-state index is 0.387. The Morgan fingerprint density at radius 3 is 2.57 bits per heavy atom. The largest absolute Gasteiger partial charge is 0.496 e. The fourth-order valence-electron chi connectivity index (χ4n) is 3.20. The maximum atomic E-state index is 12.2. The number of anilines is 2. The molecule has 0 bridgehead atoms. The number of para-hydroxylation sites is 1. The molecule has 1 N–H and O–H groups in total. The molecule has 23 heavy (non-hydrogen) atoms. The molecule has 0 radical (unpaired) electrons. The van der Waals surface area contributed by atoms with E-state index in [0.29, 0.717) is 11.3 Å². The van der Waals surface area contributed by atoms with Crippen LogP contribution < -0.4 is 10.1 Å². The zero-order chi connectivity index (χ0) is 16.0. The molecule has 3 aromatic carbocycles. The van der Waals surface area contributed by atoms with Gasteiger partial charge in [-0.25, -0.2) is 4.79 Å². The van der Waals surface area contributed by atoms with Gasteiger partial charge in [0, 0.05) is 22.0 Å². The standard InChI is InChI=1S/C19H15NO3/c1-22-16-10-14(19(21)23-2)18-17-12(7-5-8-13(16)17)11-6-3-4-9-15(11)20-18/h3-10,20H,1-2H3. The molecular formula is C19H15NO3. The Morgan fingerprint density at radius 1 is 1.00 bits per heavy atom. The third-order valence-electron chi connectivity index (χ3n) is 4.23. The molecule has 0 saturated heterocycles.